The number of carbonyl (C=O) groups is 3. The minimum absolute atomic E-state index is 0.00318. The normalized spacial score (nSPS) is 13.9. The van der Waals surface area contributed by atoms with E-state index in [0.717, 1.165) is 29.2 Å². The molecule has 34 heavy (non-hydrogen) atoms. The van der Waals surface area contributed by atoms with Gasteiger partial charge in [-0.3, -0.25) is 4.79 Å². The molecule has 0 saturated heterocycles. The Morgan fingerprint density at radius 3 is 2.21 bits per heavy atom. The van der Waals surface area contributed by atoms with Gasteiger partial charge in [0.2, 0.25) is 0 Å². The van der Waals surface area contributed by atoms with E-state index in [4.69, 9.17) is 14.3 Å². The van der Waals surface area contributed by atoms with Crippen molar-refractivity contribution in [3.8, 4) is 11.1 Å². The number of nitrogens with one attached hydrogen (secondary N) is 2. The molecule has 176 valence electrons. The van der Waals surface area contributed by atoms with Crippen LogP contribution in [0.15, 0.2) is 65.1 Å². The third-order valence-corrected chi connectivity index (χ3v) is 5.69. The van der Waals surface area contributed by atoms with Gasteiger partial charge in [-0.15, -0.1) is 0 Å². The fourth-order valence-electron chi connectivity index (χ4n) is 3.82. The molecule has 4 N–H and O–H groups in total. The molecule has 3 aromatic rings. The molecule has 0 saturated carbocycles. The van der Waals surface area contributed by atoms with Crippen LogP contribution >= 0.6 is 0 Å². The Balaban J connectivity index is 1.29. The summed E-state index contributed by atoms with van der Waals surface area (Å²) >= 11 is 0. The Labute approximate surface area is 195 Å². The van der Waals surface area contributed by atoms with Crippen LogP contribution in [0.4, 0.5) is 4.79 Å². The molecule has 1 heterocycles. The topological polar surface area (TPSA) is 138 Å². The summed E-state index contributed by atoms with van der Waals surface area (Å²) in [6, 6.07) is 19.0. The number of carboxylic acid groups (broad SMARTS) is 1. The van der Waals surface area contributed by atoms with Gasteiger partial charge in [0.15, 0.2) is 11.4 Å². The first-order chi connectivity index (χ1) is 16.3. The highest BCUT2D eigenvalue weighted by Gasteiger charge is 2.31. The Morgan fingerprint density at radius 2 is 1.59 bits per heavy atom. The molecular weight excluding hydrogens is 440 g/mol. The number of fused-ring (bicyclic) bond motifs is 3. The molecule has 0 aliphatic heterocycles. The molecule has 9 nitrogen and oxygen atoms in total. The van der Waals surface area contributed by atoms with Crippen molar-refractivity contribution >= 4 is 18.0 Å². The minimum atomic E-state index is -2.10. The molecule has 0 fully saturated rings. The van der Waals surface area contributed by atoms with Crippen molar-refractivity contribution in [3.05, 3.63) is 83.3 Å². The fourth-order valence-corrected chi connectivity index (χ4v) is 3.82. The Kier molecular flexibility index (Phi) is 6.38. The highest BCUT2D eigenvalue weighted by Crippen LogP contribution is 2.44. The monoisotopic (exact) mass is 464 g/mol. The van der Waals surface area contributed by atoms with Crippen LogP contribution in [0.1, 0.15) is 40.3 Å². The lowest BCUT2D eigenvalue weighted by Gasteiger charge is -2.17. The number of hydrogen-bond donors (Lipinski definition) is 4. The van der Waals surface area contributed by atoms with E-state index < -0.39 is 30.1 Å². The van der Waals surface area contributed by atoms with Crippen LogP contribution < -0.4 is 10.6 Å². The van der Waals surface area contributed by atoms with Gasteiger partial charge in [-0.2, -0.15) is 0 Å². The van der Waals surface area contributed by atoms with Crippen LogP contribution in [0, 0.1) is 0 Å². The summed E-state index contributed by atoms with van der Waals surface area (Å²) in [5, 5.41) is 23.4. The van der Waals surface area contributed by atoms with E-state index in [2.05, 4.69) is 22.8 Å². The average Bonchev–Trinajstić information content (AvgIpc) is 3.43. The Hall–Kier alpha value is -4.11. The molecule has 4 rings (SSSR count). The number of hydrogen-bond acceptors (Lipinski definition) is 6. The SMILES string of the molecule is CC(O)(CNC(=O)c1ccc(CNC(=O)OCC2c3ccccc3-c3ccccc32)o1)C(=O)O. The van der Waals surface area contributed by atoms with Crippen LogP contribution in [0.5, 0.6) is 0 Å². The van der Waals surface area contributed by atoms with Gasteiger partial charge in [0, 0.05) is 5.92 Å². The van der Waals surface area contributed by atoms with Gasteiger partial charge >= 0.3 is 12.1 Å². The zero-order valence-electron chi connectivity index (χ0n) is 18.4. The van der Waals surface area contributed by atoms with Crippen molar-refractivity contribution in [2.75, 3.05) is 13.2 Å². The van der Waals surface area contributed by atoms with Gasteiger partial charge in [0.05, 0.1) is 13.1 Å². The predicted molar refractivity (Wildman–Crippen MR) is 121 cm³/mol. The van der Waals surface area contributed by atoms with E-state index in [0.29, 0.717) is 5.76 Å². The summed E-state index contributed by atoms with van der Waals surface area (Å²) in [6.45, 7) is 0.753. The summed E-state index contributed by atoms with van der Waals surface area (Å²) in [5.41, 5.74) is 2.40. The summed E-state index contributed by atoms with van der Waals surface area (Å²) in [4.78, 5) is 35.3. The number of ether oxygens (including phenoxy) is 1. The maximum absolute atomic E-state index is 12.3. The van der Waals surface area contributed by atoms with Crippen molar-refractivity contribution in [2.24, 2.45) is 0 Å². The van der Waals surface area contributed by atoms with Crippen molar-refractivity contribution in [2.45, 2.75) is 25.0 Å². The van der Waals surface area contributed by atoms with Crippen molar-refractivity contribution in [1.82, 2.24) is 10.6 Å². The number of rotatable bonds is 8. The van der Waals surface area contributed by atoms with Gasteiger partial charge in [0.1, 0.15) is 12.4 Å². The number of carboxylic acids is 1. The lowest BCUT2D eigenvalue weighted by Crippen LogP contribution is -2.46. The van der Waals surface area contributed by atoms with Gasteiger partial charge in [-0.05, 0) is 41.3 Å². The zero-order chi connectivity index (χ0) is 24.3. The predicted octanol–water partition coefficient (Wildman–Crippen LogP) is 2.88. The number of aliphatic hydroxyl groups is 1. The second-order valence-corrected chi connectivity index (χ2v) is 8.21. The first-order valence-corrected chi connectivity index (χ1v) is 10.7. The van der Waals surface area contributed by atoms with Gasteiger partial charge in [-0.1, -0.05) is 48.5 Å². The third kappa shape index (κ3) is 4.79. The molecule has 0 spiro atoms. The Bertz CT molecular complexity index is 1190. The number of aliphatic carboxylic acids is 1. The molecule has 9 heteroatoms. The van der Waals surface area contributed by atoms with E-state index in [1.807, 2.05) is 36.4 Å². The second-order valence-electron chi connectivity index (χ2n) is 8.21. The second kappa shape index (κ2) is 9.40. The molecule has 0 bridgehead atoms. The van der Waals surface area contributed by atoms with Crippen molar-refractivity contribution < 1.29 is 33.8 Å². The van der Waals surface area contributed by atoms with Gasteiger partial charge in [-0.25, -0.2) is 9.59 Å². The molecule has 1 aromatic heterocycles. The molecule has 1 unspecified atom stereocenters. The highest BCUT2D eigenvalue weighted by molar-refractivity contribution is 5.92. The third-order valence-electron chi connectivity index (χ3n) is 5.69. The van der Waals surface area contributed by atoms with Crippen molar-refractivity contribution in [3.63, 3.8) is 0 Å². The summed E-state index contributed by atoms with van der Waals surface area (Å²) in [7, 11) is 0. The summed E-state index contributed by atoms with van der Waals surface area (Å²) in [6.07, 6.45) is -0.623. The summed E-state index contributed by atoms with van der Waals surface area (Å²) < 4.78 is 10.8. The fraction of sp³-hybridized carbons (Fsp3) is 0.240. The standard InChI is InChI=1S/C25H24N2O7/c1-25(32,23(29)30)14-27-22(28)21-11-10-15(34-21)12-26-24(31)33-13-20-18-8-4-2-6-16(18)17-7-3-5-9-19(17)20/h2-11,20,32H,12-14H2,1H3,(H,26,31)(H,27,28)(H,29,30). The van der Waals surface area contributed by atoms with Crippen LogP contribution in [-0.2, 0) is 16.1 Å². The van der Waals surface area contributed by atoms with E-state index in [1.54, 1.807) is 0 Å². The summed E-state index contributed by atoms with van der Waals surface area (Å²) in [5.74, 6) is -1.97. The lowest BCUT2D eigenvalue weighted by molar-refractivity contribution is -0.155. The number of furan rings is 1. The number of carbonyl (C=O) groups excluding carboxylic acids is 2. The average molecular weight is 464 g/mol. The molecule has 1 atom stereocenters. The zero-order valence-corrected chi connectivity index (χ0v) is 18.4. The highest BCUT2D eigenvalue weighted by atomic mass is 16.5. The van der Waals surface area contributed by atoms with E-state index in [-0.39, 0.29) is 24.8 Å². The number of amides is 2. The maximum Gasteiger partial charge on any atom is 0.407 e. The lowest BCUT2D eigenvalue weighted by atomic mass is 9.98. The minimum Gasteiger partial charge on any atom is -0.479 e. The smallest absolute Gasteiger partial charge is 0.407 e. The van der Waals surface area contributed by atoms with Crippen LogP contribution in [-0.4, -0.2) is 46.9 Å². The number of alkyl carbamates (subject to hydrolysis) is 1. The van der Waals surface area contributed by atoms with E-state index in [9.17, 15) is 19.5 Å². The molecule has 2 amide bonds. The van der Waals surface area contributed by atoms with E-state index in [1.165, 1.54) is 12.1 Å². The molecule has 0 radical (unpaired) electrons. The molecule has 1 aliphatic rings. The first-order valence-electron chi connectivity index (χ1n) is 10.7. The van der Waals surface area contributed by atoms with Crippen LogP contribution in [0.3, 0.4) is 0 Å². The van der Waals surface area contributed by atoms with E-state index >= 15 is 0 Å². The quantitative estimate of drug-likeness (QED) is 0.402. The number of benzene rings is 2. The van der Waals surface area contributed by atoms with Crippen LogP contribution in [0.2, 0.25) is 0 Å². The maximum atomic E-state index is 12.3. The first kappa shape index (κ1) is 23.1. The molecular formula is C25H24N2O7. The Morgan fingerprint density at radius 1 is 0.971 bits per heavy atom. The largest absolute Gasteiger partial charge is 0.479 e. The van der Waals surface area contributed by atoms with Crippen molar-refractivity contribution in [1.29, 1.82) is 0 Å². The molecule has 1 aliphatic carbocycles. The van der Waals surface area contributed by atoms with Gasteiger partial charge < -0.3 is 30.0 Å². The van der Waals surface area contributed by atoms with Crippen LogP contribution in [0.25, 0.3) is 11.1 Å². The van der Waals surface area contributed by atoms with Gasteiger partial charge in [0.25, 0.3) is 5.91 Å². The molecule has 2 aromatic carbocycles.